The third-order valence-corrected chi connectivity index (χ3v) is 4.30. The summed E-state index contributed by atoms with van der Waals surface area (Å²) in [6.45, 7) is 10.5. The van der Waals surface area contributed by atoms with Gasteiger partial charge in [-0.2, -0.15) is 0 Å². The lowest BCUT2D eigenvalue weighted by Crippen LogP contribution is -2.21. The van der Waals surface area contributed by atoms with E-state index in [-0.39, 0.29) is 0 Å². The quantitative estimate of drug-likeness (QED) is 0.767. The molecular formula is C21H23N5. The lowest BCUT2D eigenvalue weighted by molar-refractivity contribution is 1.02. The molecule has 0 unspecified atom stereocenters. The number of fused-ring (bicyclic) bond motifs is 1. The first-order valence-corrected chi connectivity index (χ1v) is 8.44. The van der Waals surface area contributed by atoms with Crippen molar-refractivity contribution in [3.63, 3.8) is 0 Å². The van der Waals surface area contributed by atoms with Gasteiger partial charge in [0.2, 0.25) is 0 Å². The molecule has 0 atom stereocenters. The molecule has 0 radical (unpaired) electrons. The van der Waals surface area contributed by atoms with Gasteiger partial charge in [0, 0.05) is 7.05 Å². The standard InChI is InChI=1S/C21H23N5/c1-5-8-17(22)13-23-15(2)19-12-11-18(14-24-19)26-16(3)25(4)20-9-6-7-10-21(20)26/h5-12,14,22-23H,2-3,13H2,1,4H3/b8-5-,22-17?. The molecule has 3 rings (SSSR count). The third kappa shape index (κ3) is 3.24. The van der Waals surface area contributed by atoms with Gasteiger partial charge in [-0.15, -0.1) is 0 Å². The maximum absolute atomic E-state index is 7.77. The molecular weight excluding hydrogens is 322 g/mol. The van der Waals surface area contributed by atoms with E-state index in [0.717, 1.165) is 28.6 Å². The van der Waals surface area contributed by atoms with Crippen molar-refractivity contribution in [2.45, 2.75) is 6.92 Å². The number of rotatable bonds is 6. The summed E-state index contributed by atoms with van der Waals surface area (Å²) < 4.78 is 0. The summed E-state index contributed by atoms with van der Waals surface area (Å²) in [6.07, 6.45) is 5.42. The highest BCUT2D eigenvalue weighted by molar-refractivity contribution is 5.94. The highest BCUT2D eigenvalue weighted by Gasteiger charge is 2.28. The molecule has 1 aliphatic heterocycles. The van der Waals surface area contributed by atoms with Crippen LogP contribution in [0.1, 0.15) is 12.6 Å². The number of benzene rings is 1. The van der Waals surface area contributed by atoms with Crippen molar-refractivity contribution in [1.29, 1.82) is 5.41 Å². The molecule has 0 amide bonds. The van der Waals surface area contributed by atoms with Crippen molar-refractivity contribution in [3.05, 3.63) is 79.4 Å². The number of aromatic nitrogens is 1. The monoisotopic (exact) mass is 345 g/mol. The van der Waals surface area contributed by atoms with E-state index in [2.05, 4.69) is 45.4 Å². The average molecular weight is 345 g/mol. The van der Waals surface area contributed by atoms with Crippen LogP contribution in [0.5, 0.6) is 0 Å². The van der Waals surface area contributed by atoms with Crippen LogP contribution in [-0.2, 0) is 0 Å². The largest absolute Gasteiger partial charge is 0.378 e. The molecule has 0 saturated carbocycles. The average Bonchev–Trinajstić information content (AvgIpc) is 2.91. The summed E-state index contributed by atoms with van der Waals surface area (Å²) in [5.41, 5.74) is 5.11. The summed E-state index contributed by atoms with van der Waals surface area (Å²) in [5.74, 6) is 0.887. The highest BCUT2D eigenvalue weighted by Crippen LogP contribution is 2.44. The van der Waals surface area contributed by atoms with E-state index in [1.807, 2.05) is 50.5 Å². The zero-order valence-corrected chi connectivity index (χ0v) is 15.2. The van der Waals surface area contributed by atoms with Crippen LogP contribution in [0, 0.1) is 5.41 Å². The Hall–Kier alpha value is -3.34. The van der Waals surface area contributed by atoms with Crippen LogP contribution < -0.4 is 15.1 Å². The normalized spacial score (nSPS) is 13.2. The number of allylic oxidation sites excluding steroid dienone is 1. The van der Waals surface area contributed by atoms with Gasteiger partial charge in [0.15, 0.2) is 0 Å². The highest BCUT2D eigenvalue weighted by atomic mass is 15.4. The first-order chi connectivity index (χ1) is 12.5. The van der Waals surface area contributed by atoms with Crippen LogP contribution >= 0.6 is 0 Å². The Morgan fingerprint density at radius 3 is 2.62 bits per heavy atom. The van der Waals surface area contributed by atoms with Crippen LogP contribution in [0.15, 0.2) is 73.7 Å². The van der Waals surface area contributed by atoms with Gasteiger partial charge in [0.1, 0.15) is 5.82 Å². The zero-order chi connectivity index (χ0) is 18.7. The van der Waals surface area contributed by atoms with Crippen LogP contribution in [0.3, 0.4) is 0 Å². The predicted octanol–water partition coefficient (Wildman–Crippen LogP) is 4.30. The van der Waals surface area contributed by atoms with E-state index in [1.165, 1.54) is 0 Å². The third-order valence-electron chi connectivity index (χ3n) is 4.30. The minimum Gasteiger partial charge on any atom is -0.378 e. The molecule has 5 nitrogen and oxygen atoms in total. The molecule has 2 N–H and O–H groups in total. The number of nitrogens with zero attached hydrogens (tertiary/aromatic N) is 3. The van der Waals surface area contributed by atoms with E-state index in [4.69, 9.17) is 5.41 Å². The summed E-state index contributed by atoms with van der Waals surface area (Å²) in [5, 5.41) is 10.9. The van der Waals surface area contributed by atoms with Crippen molar-refractivity contribution < 1.29 is 0 Å². The maximum Gasteiger partial charge on any atom is 0.110 e. The van der Waals surface area contributed by atoms with Crippen LogP contribution in [-0.4, -0.2) is 24.3 Å². The van der Waals surface area contributed by atoms with Crippen molar-refractivity contribution in [3.8, 4) is 0 Å². The predicted molar refractivity (Wildman–Crippen MR) is 110 cm³/mol. The summed E-state index contributed by atoms with van der Waals surface area (Å²) in [4.78, 5) is 8.68. The summed E-state index contributed by atoms with van der Waals surface area (Å²) in [7, 11) is 2.01. The molecule has 1 aliphatic rings. The molecule has 1 aromatic carbocycles. The Morgan fingerprint density at radius 2 is 1.96 bits per heavy atom. The summed E-state index contributed by atoms with van der Waals surface area (Å²) >= 11 is 0. The van der Waals surface area contributed by atoms with Crippen molar-refractivity contribution in [2.75, 3.05) is 23.4 Å². The van der Waals surface area contributed by atoms with E-state index in [0.29, 0.717) is 18.0 Å². The van der Waals surface area contributed by atoms with Crippen LogP contribution in [0.4, 0.5) is 17.1 Å². The lowest BCUT2D eigenvalue weighted by atomic mass is 10.2. The Bertz CT molecular complexity index is 880. The molecule has 26 heavy (non-hydrogen) atoms. The smallest absolute Gasteiger partial charge is 0.110 e. The Labute approximate surface area is 154 Å². The van der Waals surface area contributed by atoms with Crippen LogP contribution in [0.25, 0.3) is 5.70 Å². The number of hydrogen-bond acceptors (Lipinski definition) is 5. The maximum atomic E-state index is 7.77. The topological polar surface area (TPSA) is 55.3 Å². The summed E-state index contributed by atoms with van der Waals surface area (Å²) in [6, 6.07) is 12.1. The molecule has 1 aromatic heterocycles. The second-order valence-corrected chi connectivity index (χ2v) is 6.06. The zero-order valence-electron chi connectivity index (χ0n) is 15.2. The lowest BCUT2D eigenvalue weighted by Gasteiger charge is -2.21. The molecule has 0 saturated heterocycles. The van der Waals surface area contributed by atoms with Gasteiger partial charge in [-0.1, -0.05) is 31.4 Å². The fourth-order valence-corrected chi connectivity index (χ4v) is 2.90. The first-order valence-electron chi connectivity index (χ1n) is 8.44. The van der Waals surface area contributed by atoms with E-state index < -0.39 is 0 Å². The van der Waals surface area contributed by atoms with E-state index >= 15 is 0 Å². The molecule has 0 aliphatic carbocycles. The van der Waals surface area contributed by atoms with Crippen molar-refractivity contribution >= 4 is 28.5 Å². The molecule has 2 aromatic rings. The van der Waals surface area contributed by atoms with E-state index in [9.17, 15) is 0 Å². The Morgan fingerprint density at radius 1 is 1.23 bits per heavy atom. The first kappa shape index (κ1) is 17.5. The molecule has 0 fully saturated rings. The number of hydrogen-bond donors (Lipinski definition) is 2. The molecule has 2 heterocycles. The van der Waals surface area contributed by atoms with Gasteiger partial charge in [-0.05, 0) is 37.3 Å². The number of nitrogens with one attached hydrogen (secondary N) is 2. The van der Waals surface area contributed by atoms with Gasteiger partial charge >= 0.3 is 0 Å². The number of para-hydroxylation sites is 2. The molecule has 0 bridgehead atoms. The Balaban J connectivity index is 1.77. The molecule has 0 spiro atoms. The van der Waals surface area contributed by atoms with Crippen LogP contribution in [0.2, 0.25) is 0 Å². The van der Waals surface area contributed by atoms with Crippen molar-refractivity contribution in [1.82, 2.24) is 10.3 Å². The molecule has 5 heteroatoms. The number of anilines is 3. The minimum atomic E-state index is 0.424. The SMILES string of the molecule is C=C(NCC(=N)/C=C\C)c1ccc(N2C(=C)N(C)c3ccccc32)cn1. The fraction of sp³-hybridized carbons (Fsp3) is 0.143. The van der Waals surface area contributed by atoms with Gasteiger partial charge in [-0.3, -0.25) is 9.88 Å². The Kier molecular flexibility index (Phi) is 4.89. The van der Waals surface area contributed by atoms with Gasteiger partial charge in [0.25, 0.3) is 0 Å². The second kappa shape index (κ2) is 7.27. The van der Waals surface area contributed by atoms with E-state index in [1.54, 1.807) is 6.08 Å². The van der Waals surface area contributed by atoms with Gasteiger partial charge in [-0.25, -0.2) is 0 Å². The minimum absolute atomic E-state index is 0.424. The van der Waals surface area contributed by atoms with Gasteiger partial charge < -0.3 is 15.6 Å². The molecule has 132 valence electrons. The van der Waals surface area contributed by atoms with Crippen molar-refractivity contribution in [2.24, 2.45) is 0 Å². The second-order valence-electron chi connectivity index (χ2n) is 6.06. The number of pyridine rings is 1. The van der Waals surface area contributed by atoms with Gasteiger partial charge in [0.05, 0.1) is 46.9 Å². The fourth-order valence-electron chi connectivity index (χ4n) is 2.90.